The zero-order valence-corrected chi connectivity index (χ0v) is 18.5. The Kier molecular flexibility index (Phi) is 5.88. The third kappa shape index (κ3) is 4.31. The van der Waals surface area contributed by atoms with E-state index in [1.54, 1.807) is 38.1 Å². The van der Waals surface area contributed by atoms with Crippen LogP contribution in [0.3, 0.4) is 0 Å². The van der Waals surface area contributed by atoms with E-state index < -0.39 is 22.8 Å². The molecular formula is C26H21O5S+. The molecule has 1 atom stereocenters. The van der Waals surface area contributed by atoms with Crippen LogP contribution < -0.4 is 14.2 Å². The molecule has 0 N–H and O–H groups in total. The maximum absolute atomic E-state index is 11.9. The van der Waals surface area contributed by atoms with Crippen LogP contribution in [-0.4, -0.2) is 11.9 Å². The number of esters is 2. The molecule has 32 heavy (non-hydrogen) atoms. The van der Waals surface area contributed by atoms with Gasteiger partial charge in [0.25, 0.3) is 0 Å². The summed E-state index contributed by atoms with van der Waals surface area (Å²) in [5.74, 6) is 1.26. The van der Waals surface area contributed by atoms with Crippen LogP contribution in [0.1, 0.15) is 13.8 Å². The highest BCUT2D eigenvalue weighted by molar-refractivity contribution is 7.97. The summed E-state index contributed by atoms with van der Waals surface area (Å²) in [6.07, 6.45) is 0. The third-order valence-electron chi connectivity index (χ3n) is 4.60. The zero-order chi connectivity index (χ0) is 22.8. The highest BCUT2D eigenvalue weighted by atomic mass is 32.2. The molecule has 3 aromatic rings. The van der Waals surface area contributed by atoms with Gasteiger partial charge >= 0.3 is 11.9 Å². The van der Waals surface area contributed by atoms with Crippen LogP contribution in [-0.2, 0) is 20.5 Å². The van der Waals surface area contributed by atoms with Crippen molar-refractivity contribution in [3.8, 4) is 23.0 Å². The third-order valence-corrected chi connectivity index (χ3v) is 6.90. The fourth-order valence-electron chi connectivity index (χ4n) is 3.03. The fourth-order valence-corrected chi connectivity index (χ4v) is 5.21. The molecule has 0 amide bonds. The second-order valence-corrected chi connectivity index (χ2v) is 9.24. The lowest BCUT2D eigenvalue weighted by atomic mass is 10.3. The smallest absolute Gasteiger partial charge is 0.338 e. The lowest BCUT2D eigenvalue weighted by Crippen LogP contribution is -2.14. The summed E-state index contributed by atoms with van der Waals surface area (Å²) in [4.78, 5) is 26.7. The molecule has 0 aliphatic carbocycles. The standard InChI is InChI=1S/C26H21O5S/c1-16(2)25(27)29-18-9-12-20(13-10-18)32-23-8-6-5-7-21(23)31-22-15-19(11-14-24(22)32)30-26(28)17(3)4/h5-15H,1,3H2,2,4H3/q+1. The minimum absolute atomic E-state index is 0.321. The first-order chi connectivity index (χ1) is 15.3. The Hall–Kier alpha value is -3.77. The number of carbonyl (C=O) groups excluding carboxylic acids is 2. The van der Waals surface area contributed by atoms with E-state index in [2.05, 4.69) is 13.2 Å². The summed E-state index contributed by atoms with van der Waals surface area (Å²) in [7, 11) is -0.458. The number of hydrogen-bond donors (Lipinski definition) is 0. The van der Waals surface area contributed by atoms with Crippen LogP contribution in [0.2, 0.25) is 0 Å². The molecule has 160 valence electrons. The van der Waals surface area contributed by atoms with Crippen molar-refractivity contribution in [3.63, 3.8) is 0 Å². The maximum Gasteiger partial charge on any atom is 0.338 e. The molecule has 0 aromatic heterocycles. The summed E-state index contributed by atoms with van der Waals surface area (Å²) in [5, 5.41) is 0. The summed E-state index contributed by atoms with van der Waals surface area (Å²) in [6.45, 7) is 10.4. The van der Waals surface area contributed by atoms with E-state index >= 15 is 0 Å². The minimum atomic E-state index is -0.486. The molecule has 0 saturated heterocycles. The monoisotopic (exact) mass is 445 g/mol. The molecule has 1 aliphatic heterocycles. The molecule has 1 heterocycles. The molecule has 3 aromatic carbocycles. The minimum Gasteiger partial charge on any atom is -0.447 e. The molecule has 0 spiro atoms. The van der Waals surface area contributed by atoms with Crippen molar-refractivity contribution in [2.45, 2.75) is 28.5 Å². The van der Waals surface area contributed by atoms with Crippen LogP contribution in [0.4, 0.5) is 0 Å². The maximum atomic E-state index is 11.9. The molecule has 0 bridgehead atoms. The first-order valence-corrected chi connectivity index (χ1v) is 11.1. The Morgan fingerprint density at radius 3 is 1.97 bits per heavy atom. The molecule has 4 rings (SSSR count). The van der Waals surface area contributed by atoms with Gasteiger partial charge in [0.15, 0.2) is 16.4 Å². The van der Waals surface area contributed by atoms with Crippen LogP contribution >= 0.6 is 0 Å². The average molecular weight is 446 g/mol. The summed E-state index contributed by atoms with van der Waals surface area (Å²) < 4.78 is 16.8. The summed E-state index contributed by atoms with van der Waals surface area (Å²) in [6, 6.07) is 20.6. The van der Waals surface area contributed by atoms with E-state index in [9.17, 15) is 9.59 Å². The number of hydrogen-bond acceptors (Lipinski definition) is 5. The number of rotatable bonds is 5. The lowest BCUT2D eigenvalue weighted by Gasteiger charge is -2.20. The van der Waals surface area contributed by atoms with Gasteiger partial charge in [0.2, 0.25) is 9.79 Å². The molecule has 1 aliphatic rings. The van der Waals surface area contributed by atoms with Crippen molar-refractivity contribution in [3.05, 3.63) is 91.0 Å². The highest BCUT2D eigenvalue weighted by Crippen LogP contribution is 2.48. The van der Waals surface area contributed by atoms with Crippen molar-refractivity contribution >= 4 is 22.8 Å². The van der Waals surface area contributed by atoms with E-state index in [-0.39, 0.29) is 0 Å². The van der Waals surface area contributed by atoms with Crippen molar-refractivity contribution in [1.29, 1.82) is 0 Å². The molecule has 0 fully saturated rings. The van der Waals surface area contributed by atoms with Gasteiger partial charge < -0.3 is 14.2 Å². The zero-order valence-electron chi connectivity index (χ0n) is 17.7. The summed E-state index contributed by atoms with van der Waals surface area (Å²) in [5.41, 5.74) is 0.660. The number of carbonyl (C=O) groups is 2. The van der Waals surface area contributed by atoms with E-state index in [0.717, 1.165) is 20.4 Å². The molecular weight excluding hydrogens is 424 g/mol. The Labute approximate surface area is 189 Å². The van der Waals surface area contributed by atoms with Gasteiger partial charge in [-0.15, -0.1) is 0 Å². The van der Waals surface area contributed by atoms with Gasteiger partial charge in [-0.05, 0) is 56.3 Å². The lowest BCUT2D eigenvalue weighted by molar-refractivity contribution is -0.130. The van der Waals surface area contributed by atoms with Gasteiger partial charge in [-0.1, -0.05) is 25.3 Å². The highest BCUT2D eigenvalue weighted by Gasteiger charge is 2.39. The van der Waals surface area contributed by atoms with E-state index in [1.165, 1.54) is 0 Å². The normalized spacial score (nSPS) is 13.8. The molecule has 0 saturated carbocycles. The predicted molar refractivity (Wildman–Crippen MR) is 122 cm³/mol. The van der Waals surface area contributed by atoms with Gasteiger partial charge in [0, 0.05) is 23.3 Å². The largest absolute Gasteiger partial charge is 0.447 e. The second-order valence-electron chi connectivity index (χ2n) is 7.27. The summed E-state index contributed by atoms with van der Waals surface area (Å²) >= 11 is 0. The van der Waals surface area contributed by atoms with Crippen molar-refractivity contribution in [2.75, 3.05) is 0 Å². The van der Waals surface area contributed by atoms with Crippen molar-refractivity contribution in [2.24, 2.45) is 0 Å². The van der Waals surface area contributed by atoms with Crippen molar-refractivity contribution < 1.29 is 23.8 Å². The molecule has 1 unspecified atom stereocenters. The Morgan fingerprint density at radius 2 is 1.31 bits per heavy atom. The van der Waals surface area contributed by atoms with Crippen molar-refractivity contribution in [1.82, 2.24) is 0 Å². The Balaban J connectivity index is 1.71. The predicted octanol–water partition coefficient (Wildman–Crippen LogP) is 5.85. The van der Waals surface area contributed by atoms with E-state index in [1.807, 2.05) is 42.5 Å². The topological polar surface area (TPSA) is 61.8 Å². The van der Waals surface area contributed by atoms with Gasteiger partial charge in [-0.2, -0.15) is 0 Å². The van der Waals surface area contributed by atoms with Crippen LogP contribution in [0.25, 0.3) is 0 Å². The quantitative estimate of drug-likeness (QED) is 0.167. The molecule has 6 heteroatoms. The van der Waals surface area contributed by atoms with E-state index in [4.69, 9.17) is 14.2 Å². The SMILES string of the molecule is C=C(C)C(=O)Oc1ccc([S+]2c3ccccc3Oc3cc(OC(=O)C(=C)C)ccc32)cc1. The van der Waals surface area contributed by atoms with Gasteiger partial charge in [0.1, 0.15) is 22.4 Å². The molecule has 0 radical (unpaired) electrons. The number of benzene rings is 3. The first kappa shape index (κ1) is 21.5. The van der Waals surface area contributed by atoms with Gasteiger partial charge in [-0.25, -0.2) is 9.59 Å². The number of fused-ring (bicyclic) bond motifs is 2. The number of ether oxygens (including phenoxy) is 3. The fraction of sp³-hybridized carbons (Fsp3) is 0.0769. The van der Waals surface area contributed by atoms with E-state index in [0.29, 0.717) is 28.4 Å². The average Bonchev–Trinajstić information content (AvgIpc) is 2.77. The van der Waals surface area contributed by atoms with Crippen LogP contribution in [0.15, 0.2) is 106 Å². The second kappa shape index (κ2) is 8.77. The first-order valence-electron chi connectivity index (χ1n) is 9.84. The van der Waals surface area contributed by atoms with Crippen LogP contribution in [0, 0.1) is 0 Å². The Bertz CT molecular complexity index is 1240. The van der Waals surface area contributed by atoms with Gasteiger partial charge in [-0.3, -0.25) is 0 Å². The van der Waals surface area contributed by atoms with Crippen LogP contribution in [0.5, 0.6) is 23.0 Å². The van der Waals surface area contributed by atoms with Gasteiger partial charge in [0.05, 0.1) is 0 Å². The Morgan fingerprint density at radius 1 is 0.750 bits per heavy atom. The number of para-hydroxylation sites is 1. The molecule has 5 nitrogen and oxygen atoms in total.